The summed E-state index contributed by atoms with van der Waals surface area (Å²) in [6, 6.07) is 13.6. The Hall–Kier alpha value is -3.22. The van der Waals surface area contributed by atoms with Gasteiger partial charge in [0.15, 0.2) is 0 Å². The van der Waals surface area contributed by atoms with Crippen LogP contribution in [0.2, 0.25) is 0 Å². The van der Waals surface area contributed by atoms with E-state index in [4.69, 9.17) is 21.0 Å². The van der Waals surface area contributed by atoms with Gasteiger partial charge < -0.3 is 25.4 Å². The third-order valence-corrected chi connectivity index (χ3v) is 4.74. The lowest BCUT2D eigenvalue weighted by molar-refractivity contribution is -0.136. The molecule has 0 aliphatic carbocycles. The Morgan fingerprint density at radius 2 is 1.89 bits per heavy atom. The molecule has 0 amide bonds. The lowest BCUT2D eigenvalue weighted by Gasteiger charge is -2.23. The van der Waals surface area contributed by atoms with E-state index in [0.717, 1.165) is 42.4 Å². The molecule has 1 aliphatic heterocycles. The maximum absolute atomic E-state index is 10.8. The number of carboxylic acids is 1. The minimum Gasteiger partial charge on any atom is -0.495 e. The lowest BCUT2D eigenvalue weighted by atomic mass is 10.1. The van der Waals surface area contributed by atoms with E-state index in [2.05, 4.69) is 9.80 Å². The summed E-state index contributed by atoms with van der Waals surface area (Å²) in [5.41, 5.74) is 9.26. The van der Waals surface area contributed by atoms with Crippen molar-refractivity contribution in [2.75, 3.05) is 36.7 Å². The minimum absolute atomic E-state index is 0.0670. The van der Waals surface area contributed by atoms with E-state index >= 15 is 0 Å². The van der Waals surface area contributed by atoms with Crippen molar-refractivity contribution in [3.05, 3.63) is 53.6 Å². The van der Waals surface area contributed by atoms with Crippen molar-refractivity contribution >= 4 is 23.2 Å². The van der Waals surface area contributed by atoms with Crippen LogP contribution in [0.4, 0.5) is 11.4 Å². The highest BCUT2D eigenvalue weighted by atomic mass is 16.5. The number of carboxylic acid groups (broad SMARTS) is 1. The molecule has 2 aromatic rings. The number of rotatable bonds is 7. The zero-order valence-electron chi connectivity index (χ0n) is 15.3. The standard InChI is InChI=1S/C20H24N4O3/c1-27-18-12-14(3-9-19(25)26)2-8-17(18)24-11-10-23(13-24)16-6-4-15(5-7-16)20(21)22/h2,4-8,12H,3,9-11,13H2,1H3,(H3,21,22)(H,25,26). The first-order chi connectivity index (χ1) is 13.0. The first-order valence-corrected chi connectivity index (χ1v) is 8.81. The molecule has 0 atom stereocenters. The first-order valence-electron chi connectivity index (χ1n) is 8.81. The SMILES string of the molecule is COc1cc(CCC(=O)O)ccc1N1CCN(c2ccc(C(=N)N)cc2)C1. The Labute approximate surface area is 158 Å². The summed E-state index contributed by atoms with van der Waals surface area (Å²) in [5, 5.41) is 16.3. The van der Waals surface area contributed by atoms with Crippen molar-refractivity contribution in [2.24, 2.45) is 5.73 Å². The molecule has 142 valence electrons. The summed E-state index contributed by atoms with van der Waals surface area (Å²) in [6.07, 6.45) is 0.594. The van der Waals surface area contributed by atoms with E-state index in [0.29, 0.717) is 12.0 Å². The molecule has 7 nitrogen and oxygen atoms in total. The zero-order valence-corrected chi connectivity index (χ0v) is 15.3. The molecule has 1 saturated heterocycles. The van der Waals surface area contributed by atoms with E-state index in [1.807, 2.05) is 42.5 Å². The van der Waals surface area contributed by atoms with Crippen molar-refractivity contribution in [3.8, 4) is 5.75 Å². The predicted octanol–water partition coefficient (Wildman–Crippen LogP) is 2.28. The second-order valence-corrected chi connectivity index (χ2v) is 6.53. The fraction of sp³-hybridized carbons (Fsp3) is 0.300. The number of hydrogen-bond acceptors (Lipinski definition) is 5. The normalized spacial score (nSPS) is 13.7. The van der Waals surface area contributed by atoms with Crippen molar-refractivity contribution in [3.63, 3.8) is 0 Å². The maximum Gasteiger partial charge on any atom is 0.303 e. The number of carbonyl (C=O) groups is 1. The summed E-state index contributed by atoms with van der Waals surface area (Å²) in [6.45, 7) is 2.47. The van der Waals surface area contributed by atoms with Gasteiger partial charge in [-0.2, -0.15) is 0 Å². The molecule has 4 N–H and O–H groups in total. The van der Waals surface area contributed by atoms with Crippen molar-refractivity contribution in [2.45, 2.75) is 12.8 Å². The molecule has 2 aromatic carbocycles. The number of ether oxygens (including phenoxy) is 1. The van der Waals surface area contributed by atoms with Crippen molar-refractivity contribution in [1.82, 2.24) is 0 Å². The lowest BCUT2D eigenvalue weighted by Crippen LogP contribution is -2.25. The van der Waals surface area contributed by atoms with Crippen LogP contribution in [0.3, 0.4) is 0 Å². The number of anilines is 2. The highest BCUT2D eigenvalue weighted by molar-refractivity contribution is 5.95. The summed E-state index contributed by atoms with van der Waals surface area (Å²) >= 11 is 0. The Morgan fingerprint density at radius 3 is 2.52 bits per heavy atom. The molecule has 1 heterocycles. The monoisotopic (exact) mass is 368 g/mol. The molecular weight excluding hydrogens is 344 g/mol. The highest BCUT2D eigenvalue weighted by Gasteiger charge is 2.23. The summed E-state index contributed by atoms with van der Waals surface area (Å²) < 4.78 is 5.54. The van der Waals surface area contributed by atoms with Crippen molar-refractivity contribution in [1.29, 1.82) is 5.41 Å². The minimum atomic E-state index is -0.802. The van der Waals surface area contributed by atoms with Crippen molar-refractivity contribution < 1.29 is 14.6 Å². The molecule has 3 rings (SSSR count). The number of nitrogens with two attached hydrogens (primary N) is 1. The number of aryl methyl sites for hydroxylation is 1. The second-order valence-electron chi connectivity index (χ2n) is 6.53. The van der Waals surface area contributed by atoms with Gasteiger partial charge in [-0.1, -0.05) is 6.07 Å². The zero-order chi connectivity index (χ0) is 19.4. The third kappa shape index (κ3) is 4.31. The molecule has 0 saturated carbocycles. The molecule has 0 radical (unpaired) electrons. The molecule has 7 heteroatoms. The quantitative estimate of drug-likeness (QED) is 0.512. The van der Waals surface area contributed by atoms with Crippen LogP contribution in [-0.4, -0.2) is 43.8 Å². The van der Waals surface area contributed by atoms with Gasteiger partial charge in [-0.15, -0.1) is 0 Å². The molecule has 0 aromatic heterocycles. The third-order valence-electron chi connectivity index (χ3n) is 4.74. The molecule has 0 unspecified atom stereocenters. The molecule has 0 spiro atoms. The van der Waals surface area contributed by atoms with Gasteiger partial charge in [-0.3, -0.25) is 10.2 Å². The predicted molar refractivity (Wildman–Crippen MR) is 106 cm³/mol. The Morgan fingerprint density at radius 1 is 1.19 bits per heavy atom. The van der Waals surface area contributed by atoms with Gasteiger partial charge in [-0.05, 0) is 48.4 Å². The van der Waals surface area contributed by atoms with Crippen LogP contribution in [0.25, 0.3) is 0 Å². The second kappa shape index (κ2) is 7.99. The largest absolute Gasteiger partial charge is 0.495 e. The highest BCUT2D eigenvalue weighted by Crippen LogP contribution is 2.32. The van der Waals surface area contributed by atoms with Gasteiger partial charge in [0, 0.05) is 30.8 Å². The molecular formula is C20H24N4O3. The van der Waals surface area contributed by atoms with Gasteiger partial charge in [0.1, 0.15) is 11.6 Å². The van der Waals surface area contributed by atoms with Crippen LogP contribution >= 0.6 is 0 Å². The van der Waals surface area contributed by atoms with Crippen LogP contribution in [0.5, 0.6) is 5.75 Å². The Balaban J connectivity index is 1.72. The van der Waals surface area contributed by atoms with E-state index in [1.54, 1.807) is 7.11 Å². The average molecular weight is 368 g/mol. The number of nitrogens with zero attached hydrogens (tertiary/aromatic N) is 2. The number of nitrogens with one attached hydrogen (secondary N) is 1. The van der Waals surface area contributed by atoms with E-state index in [9.17, 15) is 4.79 Å². The Kier molecular flexibility index (Phi) is 5.49. The summed E-state index contributed by atoms with van der Waals surface area (Å²) in [5.74, 6) is 0.0213. The van der Waals surface area contributed by atoms with Crippen LogP contribution in [0.15, 0.2) is 42.5 Å². The molecule has 27 heavy (non-hydrogen) atoms. The van der Waals surface area contributed by atoms with Crippen LogP contribution in [0, 0.1) is 5.41 Å². The number of nitrogen functional groups attached to an aromatic ring is 1. The van der Waals surface area contributed by atoms with E-state index in [-0.39, 0.29) is 12.3 Å². The Bertz CT molecular complexity index is 836. The van der Waals surface area contributed by atoms with Crippen LogP contribution in [0.1, 0.15) is 17.5 Å². The van der Waals surface area contributed by atoms with E-state index < -0.39 is 5.97 Å². The maximum atomic E-state index is 10.8. The fourth-order valence-electron chi connectivity index (χ4n) is 3.24. The van der Waals surface area contributed by atoms with Gasteiger partial charge in [0.05, 0.1) is 19.5 Å². The average Bonchev–Trinajstić information content (AvgIpc) is 3.16. The van der Waals surface area contributed by atoms with Gasteiger partial charge in [-0.25, -0.2) is 0 Å². The number of benzene rings is 2. The molecule has 1 fully saturated rings. The smallest absolute Gasteiger partial charge is 0.303 e. The van der Waals surface area contributed by atoms with Crippen LogP contribution in [-0.2, 0) is 11.2 Å². The molecule has 0 bridgehead atoms. The summed E-state index contributed by atoms with van der Waals surface area (Å²) in [4.78, 5) is 15.3. The number of hydrogen-bond donors (Lipinski definition) is 3. The molecule has 1 aliphatic rings. The topological polar surface area (TPSA) is 103 Å². The van der Waals surface area contributed by atoms with Gasteiger partial charge in [0.2, 0.25) is 0 Å². The fourth-order valence-corrected chi connectivity index (χ4v) is 3.24. The number of aliphatic carboxylic acids is 1. The number of methoxy groups -OCH3 is 1. The van der Waals surface area contributed by atoms with Crippen LogP contribution < -0.4 is 20.3 Å². The number of amidine groups is 1. The van der Waals surface area contributed by atoms with Gasteiger partial charge >= 0.3 is 5.97 Å². The summed E-state index contributed by atoms with van der Waals surface area (Å²) in [7, 11) is 1.63. The van der Waals surface area contributed by atoms with E-state index in [1.165, 1.54) is 0 Å². The first kappa shape index (κ1) is 18.6. The van der Waals surface area contributed by atoms with Gasteiger partial charge in [0.25, 0.3) is 0 Å².